The third-order valence-corrected chi connectivity index (χ3v) is 6.15. The molecule has 0 bridgehead atoms. The SMILES string of the molecule is COc1cc(C2CC(c3ccco3)=NN2c2ccc(S(N)(=O)=O)cc2)cc(OC)c1OC. The smallest absolute Gasteiger partial charge is 0.238 e. The molecule has 0 amide bonds. The molecule has 2 heterocycles. The summed E-state index contributed by atoms with van der Waals surface area (Å²) in [6.45, 7) is 0. The monoisotopic (exact) mass is 457 g/mol. The van der Waals surface area contributed by atoms with Crippen molar-refractivity contribution in [1.29, 1.82) is 0 Å². The summed E-state index contributed by atoms with van der Waals surface area (Å²) in [7, 11) is 0.871. The Hall–Kier alpha value is -3.50. The third-order valence-electron chi connectivity index (χ3n) is 5.22. The number of anilines is 1. The van der Waals surface area contributed by atoms with E-state index in [-0.39, 0.29) is 10.9 Å². The van der Waals surface area contributed by atoms with Crippen molar-refractivity contribution < 1.29 is 27.0 Å². The molecule has 0 fully saturated rings. The van der Waals surface area contributed by atoms with Gasteiger partial charge in [0.1, 0.15) is 11.5 Å². The highest BCUT2D eigenvalue weighted by molar-refractivity contribution is 7.89. The maximum absolute atomic E-state index is 11.6. The van der Waals surface area contributed by atoms with Crippen molar-refractivity contribution in [3.8, 4) is 17.2 Å². The van der Waals surface area contributed by atoms with E-state index in [4.69, 9.17) is 28.9 Å². The summed E-state index contributed by atoms with van der Waals surface area (Å²) in [6.07, 6.45) is 2.14. The minimum Gasteiger partial charge on any atom is -0.493 e. The summed E-state index contributed by atoms with van der Waals surface area (Å²) in [6, 6.07) is 13.4. The molecule has 1 aromatic heterocycles. The number of hydrazone groups is 1. The number of nitrogens with zero attached hydrogens (tertiary/aromatic N) is 2. The normalized spacial score (nSPS) is 16.1. The average molecular weight is 458 g/mol. The van der Waals surface area contributed by atoms with Crippen LogP contribution in [0.5, 0.6) is 17.2 Å². The Kier molecular flexibility index (Phi) is 5.81. The highest BCUT2D eigenvalue weighted by Gasteiger charge is 2.32. The van der Waals surface area contributed by atoms with Gasteiger partial charge in [-0.2, -0.15) is 5.10 Å². The summed E-state index contributed by atoms with van der Waals surface area (Å²) < 4.78 is 45.3. The zero-order valence-corrected chi connectivity index (χ0v) is 18.6. The van der Waals surface area contributed by atoms with Crippen molar-refractivity contribution in [3.63, 3.8) is 0 Å². The lowest BCUT2D eigenvalue weighted by molar-refractivity contribution is 0.323. The lowest BCUT2D eigenvalue weighted by atomic mass is 9.99. The predicted octanol–water partition coefficient (Wildman–Crippen LogP) is 3.31. The van der Waals surface area contributed by atoms with Crippen LogP contribution >= 0.6 is 0 Å². The zero-order chi connectivity index (χ0) is 22.9. The van der Waals surface area contributed by atoms with Gasteiger partial charge in [-0.1, -0.05) is 0 Å². The zero-order valence-electron chi connectivity index (χ0n) is 17.8. The molecule has 10 heteroatoms. The van der Waals surface area contributed by atoms with Crippen LogP contribution in [-0.2, 0) is 10.0 Å². The molecule has 0 spiro atoms. The summed E-state index contributed by atoms with van der Waals surface area (Å²) in [5, 5.41) is 11.8. The second-order valence-corrected chi connectivity index (χ2v) is 8.65. The van der Waals surface area contributed by atoms with Gasteiger partial charge in [-0.15, -0.1) is 0 Å². The molecule has 2 N–H and O–H groups in total. The lowest BCUT2D eigenvalue weighted by Gasteiger charge is -2.25. The Morgan fingerprint density at radius 3 is 2.19 bits per heavy atom. The van der Waals surface area contributed by atoms with Crippen LogP contribution in [0.3, 0.4) is 0 Å². The predicted molar refractivity (Wildman–Crippen MR) is 119 cm³/mol. The van der Waals surface area contributed by atoms with Gasteiger partial charge in [0, 0.05) is 6.42 Å². The standard InChI is InChI=1S/C22H23N3O6S/c1-28-20-11-14(12-21(29-2)22(20)30-3)18-13-17(19-5-4-10-31-19)24-25(18)15-6-8-16(9-7-15)32(23,26)27/h4-12,18H,13H2,1-3H3,(H2,23,26,27). The van der Waals surface area contributed by atoms with E-state index in [1.54, 1.807) is 45.8 Å². The summed E-state index contributed by atoms with van der Waals surface area (Å²) in [5.41, 5.74) is 2.32. The molecular formula is C22H23N3O6S. The molecule has 0 aliphatic carbocycles. The number of primary sulfonamides is 1. The second kappa shape index (κ2) is 8.56. The molecule has 0 saturated heterocycles. The molecular weight excluding hydrogens is 434 g/mol. The number of benzene rings is 2. The van der Waals surface area contributed by atoms with E-state index in [1.807, 2.05) is 23.2 Å². The van der Waals surface area contributed by atoms with Crippen LogP contribution in [0.25, 0.3) is 0 Å². The van der Waals surface area contributed by atoms with Crippen molar-refractivity contribution in [3.05, 3.63) is 66.1 Å². The minimum atomic E-state index is -3.80. The number of furan rings is 1. The molecule has 32 heavy (non-hydrogen) atoms. The lowest BCUT2D eigenvalue weighted by Crippen LogP contribution is -2.19. The maximum Gasteiger partial charge on any atom is 0.238 e. The Balaban J connectivity index is 1.80. The Labute approximate surface area is 186 Å². The van der Waals surface area contributed by atoms with E-state index in [2.05, 4.69) is 0 Å². The fraction of sp³-hybridized carbons (Fsp3) is 0.227. The van der Waals surface area contributed by atoms with Crippen molar-refractivity contribution >= 4 is 21.4 Å². The van der Waals surface area contributed by atoms with Gasteiger partial charge < -0.3 is 18.6 Å². The van der Waals surface area contributed by atoms with E-state index >= 15 is 0 Å². The van der Waals surface area contributed by atoms with Crippen LogP contribution < -0.4 is 24.4 Å². The molecule has 1 aliphatic heterocycles. The first-order valence-corrected chi connectivity index (χ1v) is 11.2. The van der Waals surface area contributed by atoms with E-state index < -0.39 is 10.0 Å². The molecule has 3 aromatic rings. The van der Waals surface area contributed by atoms with Crippen LogP contribution in [0.1, 0.15) is 23.8 Å². The highest BCUT2D eigenvalue weighted by Crippen LogP contribution is 2.44. The Bertz CT molecular complexity index is 1210. The highest BCUT2D eigenvalue weighted by atomic mass is 32.2. The minimum absolute atomic E-state index is 0.0278. The molecule has 1 unspecified atom stereocenters. The summed E-state index contributed by atoms with van der Waals surface area (Å²) >= 11 is 0. The first-order chi connectivity index (χ1) is 15.4. The maximum atomic E-state index is 11.6. The largest absolute Gasteiger partial charge is 0.493 e. The quantitative estimate of drug-likeness (QED) is 0.578. The van der Waals surface area contributed by atoms with Gasteiger partial charge in [0.15, 0.2) is 11.5 Å². The molecule has 1 aliphatic rings. The van der Waals surface area contributed by atoms with E-state index in [1.165, 1.54) is 12.1 Å². The van der Waals surface area contributed by atoms with Crippen LogP contribution in [0.4, 0.5) is 5.69 Å². The number of rotatable bonds is 7. The number of hydrogen-bond acceptors (Lipinski definition) is 8. The van der Waals surface area contributed by atoms with Crippen molar-refractivity contribution in [2.24, 2.45) is 10.2 Å². The van der Waals surface area contributed by atoms with Crippen LogP contribution in [0.2, 0.25) is 0 Å². The topological polar surface area (TPSA) is 117 Å². The van der Waals surface area contributed by atoms with Crippen LogP contribution in [0, 0.1) is 0 Å². The molecule has 9 nitrogen and oxygen atoms in total. The Morgan fingerprint density at radius 1 is 1.03 bits per heavy atom. The molecule has 0 saturated carbocycles. The van der Waals surface area contributed by atoms with Gasteiger partial charge in [0.2, 0.25) is 15.8 Å². The van der Waals surface area contributed by atoms with E-state index in [9.17, 15) is 8.42 Å². The molecule has 168 valence electrons. The molecule has 1 atom stereocenters. The summed E-state index contributed by atoms with van der Waals surface area (Å²) in [4.78, 5) is 0.0278. The van der Waals surface area contributed by atoms with E-state index in [0.29, 0.717) is 35.1 Å². The van der Waals surface area contributed by atoms with Crippen molar-refractivity contribution in [2.45, 2.75) is 17.4 Å². The molecule has 0 radical (unpaired) electrons. The Morgan fingerprint density at radius 2 is 1.69 bits per heavy atom. The summed E-state index contributed by atoms with van der Waals surface area (Å²) in [5.74, 6) is 2.20. The van der Waals surface area contributed by atoms with E-state index in [0.717, 1.165) is 11.3 Å². The molecule has 2 aromatic carbocycles. The third kappa shape index (κ3) is 4.02. The number of nitrogens with two attached hydrogens (primary N) is 1. The number of sulfonamides is 1. The van der Waals surface area contributed by atoms with Gasteiger partial charge in [-0.25, -0.2) is 13.6 Å². The van der Waals surface area contributed by atoms with Crippen molar-refractivity contribution in [1.82, 2.24) is 0 Å². The molecule has 4 rings (SSSR count). The second-order valence-electron chi connectivity index (χ2n) is 7.09. The van der Waals surface area contributed by atoms with Gasteiger partial charge in [-0.05, 0) is 54.1 Å². The van der Waals surface area contributed by atoms with Gasteiger partial charge in [-0.3, -0.25) is 5.01 Å². The average Bonchev–Trinajstić information content (AvgIpc) is 3.47. The van der Waals surface area contributed by atoms with Gasteiger partial charge in [0.25, 0.3) is 0 Å². The number of methoxy groups -OCH3 is 3. The number of ether oxygens (including phenoxy) is 3. The van der Waals surface area contributed by atoms with Crippen LogP contribution in [0.15, 0.2) is 69.2 Å². The van der Waals surface area contributed by atoms with Crippen molar-refractivity contribution in [2.75, 3.05) is 26.3 Å². The first-order valence-electron chi connectivity index (χ1n) is 9.69. The van der Waals surface area contributed by atoms with Gasteiger partial charge >= 0.3 is 0 Å². The van der Waals surface area contributed by atoms with Gasteiger partial charge in [0.05, 0.1) is 44.2 Å². The first kappa shape index (κ1) is 21.7. The van der Waals surface area contributed by atoms with Crippen LogP contribution in [-0.4, -0.2) is 35.5 Å². The number of hydrogen-bond donors (Lipinski definition) is 1. The fourth-order valence-corrected chi connectivity index (χ4v) is 4.20. The fourth-order valence-electron chi connectivity index (χ4n) is 3.68.